The van der Waals surface area contributed by atoms with Crippen LogP contribution in [-0.2, 0) is 13.0 Å². The third-order valence-corrected chi connectivity index (χ3v) is 6.71. The highest BCUT2D eigenvalue weighted by Crippen LogP contribution is 2.31. The van der Waals surface area contributed by atoms with E-state index in [2.05, 4.69) is 18.7 Å². The van der Waals surface area contributed by atoms with Crippen LogP contribution >= 0.6 is 11.3 Å². The lowest BCUT2D eigenvalue weighted by Crippen LogP contribution is -2.33. The van der Waals surface area contributed by atoms with Crippen LogP contribution in [0.15, 0.2) is 65.5 Å². The topological polar surface area (TPSA) is 38.1 Å². The van der Waals surface area contributed by atoms with Crippen LogP contribution in [0.5, 0.6) is 0 Å². The van der Waals surface area contributed by atoms with Gasteiger partial charge in [-0.05, 0) is 36.3 Å². The van der Waals surface area contributed by atoms with Gasteiger partial charge in [0.05, 0.1) is 5.39 Å². The van der Waals surface area contributed by atoms with Gasteiger partial charge in [-0.3, -0.25) is 9.36 Å². The van der Waals surface area contributed by atoms with Gasteiger partial charge in [-0.2, -0.15) is 0 Å². The molecule has 0 unspecified atom stereocenters. The summed E-state index contributed by atoms with van der Waals surface area (Å²) >= 11 is 1.51. The van der Waals surface area contributed by atoms with Crippen molar-refractivity contribution in [2.24, 2.45) is 0 Å². The van der Waals surface area contributed by atoms with Gasteiger partial charge in [0.15, 0.2) is 0 Å². The van der Waals surface area contributed by atoms with E-state index in [1.54, 1.807) is 16.7 Å². The predicted octanol–water partition coefficient (Wildman–Crippen LogP) is 5.20. The summed E-state index contributed by atoms with van der Waals surface area (Å²) in [5.41, 5.74) is 1.56. The molecule has 0 aliphatic heterocycles. The third-order valence-electron chi connectivity index (χ3n) is 5.63. The SMILES string of the molecule is CCN(CC)CCn1c(Cc2ccccc2F)nc2sc(-c3ccccc3)cc2c1=O. The summed E-state index contributed by atoms with van der Waals surface area (Å²) in [7, 11) is 0. The van der Waals surface area contributed by atoms with Crippen LogP contribution in [0.25, 0.3) is 20.7 Å². The van der Waals surface area contributed by atoms with Crippen LogP contribution in [0.2, 0.25) is 0 Å². The summed E-state index contributed by atoms with van der Waals surface area (Å²) in [4.78, 5) is 22.3. The fourth-order valence-corrected chi connectivity index (χ4v) is 4.81. The average molecular weight is 436 g/mol. The maximum atomic E-state index is 14.3. The molecule has 2 aromatic carbocycles. The number of benzene rings is 2. The van der Waals surface area contributed by atoms with Gasteiger partial charge in [0, 0.05) is 24.4 Å². The van der Waals surface area contributed by atoms with Crippen molar-refractivity contribution in [1.29, 1.82) is 0 Å². The molecule has 4 aromatic rings. The summed E-state index contributed by atoms with van der Waals surface area (Å²) in [5.74, 6) is 0.333. The minimum atomic E-state index is -0.275. The van der Waals surface area contributed by atoms with E-state index in [4.69, 9.17) is 4.98 Å². The number of thiophene rings is 1. The summed E-state index contributed by atoms with van der Waals surface area (Å²) in [5, 5.41) is 0.626. The normalized spacial score (nSPS) is 11.5. The first kappa shape index (κ1) is 21.4. The van der Waals surface area contributed by atoms with Crippen LogP contribution in [0.4, 0.5) is 4.39 Å². The highest BCUT2D eigenvalue weighted by molar-refractivity contribution is 7.21. The molecule has 0 N–H and O–H groups in total. The lowest BCUT2D eigenvalue weighted by atomic mass is 10.1. The molecule has 31 heavy (non-hydrogen) atoms. The van der Waals surface area contributed by atoms with Crippen molar-refractivity contribution >= 4 is 21.6 Å². The van der Waals surface area contributed by atoms with E-state index in [0.717, 1.165) is 30.1 Å². The van der Waals surface area contributed by atoms with Crippen LogP contribution in [0.1, 0.15) is 25.2 Å². The standard InChI is InChI=1S/C25H26FN3OS/c1-3-28(4-2)14-15-29-23(16-19-12-8-9-13-21(19)26)27-24-20(25(29)30)17-22(31-24)18-10-6-5-7-11-18/h5-13,17H,3-4,14-16H2,1-2H3. The van der Waals surface area contributed by atoms with E-state index in [0.29, 0.717) is 28.1 Å². The number of aromatic nitrogens is 2. The Kier molecular flexibility index (Phi) is 6.59. The number of rotatable bonds is 8. The van der Waals surface area contributed by atoms with E-state index in [1.165, 1.54) is 17.4 Å². The van der Waals surface area contributed by atoms with Crippen molar-refractivity contribution in [3.05, 3.63) is 88.2 Å². The van der Waals surface area contributed by atoms with Gasteiger partial charge in [0.25, 0.3) is 5.56 Å². The number of nitrogens with zero attached hydrogens (tertiary/aromatic N) is 3. The summed E-state index contributed by atoms with van der Waals surface area (Å²) in [6.07, 6.45) is 0.286. The maximum Gasteiger partial charge on any atom is 0.262 e. The zero-order valence-electron chi connectivity index (χ0n) is 17.8. The summed E-state index contributed by atoms with van der Waals surface area (Å²) in [6.45, 7) is 7.34. The highest BCUT2D eigenvalue weighted by Gasteiger charge is 2.17. The van der Waals surface area contributed by atoms with Gasteiger partial charge in [0.1, 0.15) is 16.5 Å². The molecular weight excluding hydrogens is 409 g/mol. The number of hydrogen-bond donors (Lipinski definition) is 0. The molecule has 0 aliphatic rings. The van der Waals surface area contributed by atoms with Crippen LogP contribution in [0, 0.1) is 5.82 Å². The van der Waals surface area contributed by atoms with Crippen molar-refractivity contribution in [2.45, 2.75) is 26.8 Å². The fourth-order valence-electron chi connectivity index (χ4n) is 3.76. The minimum Gasteiger partial charge on any atom is -0.302 e. The van der Waals surface area contributed by atoms with Gasteiger partial charge < -0.3 is 4.90 Å². The summed E-state index contributed by atoms with van der Waals surface area (Å²) in [6, 6.07) is 18.6. The molecule has 0 bridgehead atoms. The Labute approximate surface area is 185 Å². The molecule has 0 amide bonds. The highest BCUT2D eigenvalue weighted by atomic mass is 32.1. The van der Waals surface area contributed by atoms with E-state index in [1.807, 2.05) is 42.5 Å². The van der Waals surface area contributed by atoms with E-state index in [-0.39, 0.29) is 17.8 Å². The van der Waals surface area contributed by atoms with E-state index >= 15 is 0 Å². The van der Waals surface area contributed by atoms with Crippen LogP contribution in [0.3, 0.4) is 0 Å². The molecule has 0 aliphatic carbocycles. The lowest BCUT2D eigenvalue weighted by molar-refractivity contribution is 0.287. The van der Waals surface area contributed by atoms with Crippen molar-refractivity contribution in [2.75, 3.05) is 19.6 Å². The maximum absolute atomic E-state index is 14.3. The van der Waals surface area contributed by atoms with Crippen molar-refractivity contribution in [3.8, 4) is 10.4 Å². The molecule has 0 fully saturated rings. The molecule has 6 heteroatoms. The van der Waals surface area contributed by atoms with Crippen molar-refractivity contribution < 1.29 is 4.39 Å². The molecule has 0 atom stereocenters. The summed E-state index contributed by atoms with van der Waals surface area (Å²) < 4.78 is 16.1. The molecule has 0 saturated carbocycles. The van der Waals surface area contributed by atoms with Gasteiger partial charge in [-0.25, -0.2) is 9.37 Å². The molecule has 4 rings (SSSR count). The first-order valence-electron chi connectivity index (χ1n) is 10.6. The number of hydrogen-bond acceptors (Lipinski definition) is 4. The molecular formula is C25H26FN3OS. The smallest absolute Gasteiger partial charge is 0.262 e. The van der Waals surface area contributed by atoms with Gasteiger partial charge in [-0.1, -0.05) is 62.4 Å². The molecule has 2 aromatic heterocycles. The van der Waals surface area contributed by atoms with E-state index < -0.39 is 0 Å². The monoisotopic (exact) mass is 435 g/mol. The van der Waals surface area contributed by atoms with Crippen molar-refractivity contribution in [3.63, 3.8) is 0 Å². The molecule has 0 saturated heterocycles. The van der Waals surface area contributed by atoms with Gasteiger partial charge in [-0.15, -0.1) is 11.3 Å². The second-order valence-electron chi connectivity index (χ2n) is 7.48. The molecule has 2 heterocycles. The quantitative estimate of drug-likeness (QED) is 0.382. The van der Waals surface area contributed by atoms with Crippen molar-refractivity contribution in [1.82, 2.24) is 14.5 Å². The van der Waals surface area contributed by atoms with Crippen LogP contribution < -0.4 is 5.56 Å². The van der Waals surface area contributed by atoms with E-state index in [9.17, 15) is 9.18 Å². The fraction of sp³-hybridized carbons (Fsp3) is 0.280. The molecule has 0 radical (unpaired) electrons. The molecule has 0 spiro atoms. The Morgan fingerprint density at radius 1 is 1.03 bits per heavy atom. The Balaban J connectivity index is 1.81. The number of likely N-dealkylation sites (N-methyl/N-ethyl adjacent to an activating group) is 1. The second kappa shape index (κ2) is 9.54. The van der Waals surface area contributed by atoms with Gasteiger partial charge >= 0.3 is 0 Å². The second-order valence-corrected chi connectivity index (χ2v) is 8.51. The number of fused-ring (bicyclic) bond motifs is 1. The zero-order chi connectivity index (χ0) is 21.8. The Morgan fingerprint density at radius 3 is 2.45 bits per heavy atom. The minimum absolute atomic E-state index is 0.0538. The molecule has 160 valence electrons. The largest absolute Gasteiger partial charge is 0.302 e. The first-order valence-corrected chi connectivity index (χ1v) is 11.5. The van der Waals surface area contributed by atoms with Gasteiger partial charge in [0.2, 0.25) is 0 Å². The molecule has 4 nitrogen and oxygen atoms in total. The lowest BCUT2D eigenvalue weighted by Gasteiger charge is -2.20. The Hall–Kier alpha value is -2.83. The van der Waals surface area contributed by atoms with Crippen LogP contribution in [-0.4, -0.2) is 34.1 Å². The first-order chi connectivity index (χ1) is 15.1. The zero-order valence-corrected chi connectivity index (χ0v) is 18.7. The Bertz CT molecular complexity index is 1230. The Morgan fingerprint density at radius 2 is 1.74 bits per heavy atom. The number of halogens is 1. The average Bonchev–Trinajstić information content (AvgIpc) is 3.23. The predicted molar refractivity (Wildman–Crippen MR) is 126 cm³/mol. The third kappa shape index (κ3) is 4.60.